The summed E-state index contributed by atoms with van der Waals surface area (Å²) in [6.45, 7) is 5.20. The molecule has 0 spiro atoms. The van der Waals surface area contributed by atoms with Gasteiger partial charge in [0.15, 0.2) is 0 Å². The molecule has 2 aromatic heterocycles. The lowest BCUT2D eigenvalue weighted by Crippen LogP contribution is -2.14. The summed E-state index contributed by atoms with van der Waals surface area (Å²) in [5.74, 6) is -0.255. The van der Waals surface area contributed by atoms with Crippen molar-refractivity contribution in [3.05, 3.63) is 39.0 Å². The summed E-state index contributed by atoms with van der Waals surface area (Å²) in [6.07, 6.45) is 0. The molecule has 2 rings (SSSR count). The van der Waals surface area contributed by atoms with Crippen molar-refractivity contribution in [1.29, 1.82) is 0 Å². The fourth-order valence-corrected chi connectivity index (χ4v) is 2.64. The monoisotopic (exact) mass is 279 g/mol. The van der Waals surface area contributed by atoms with Crippen LogP contribution in [0.5, 0.6) is 0 Å². The molecule has 0 fully saturated rings. The molecule has 6 heteroatoms. The molecule has 0 unspecified atom stereocenters. The lowest BCUT2D eigenvalue weighted by atomic mass is 10.2. The summed E-state index contributed by atoms with van der Waals surface area (Å²) >= 11 is 1.09. The predicted octanol–water partition coefficient (Wildman–Crippen LogP) is 3.22. The van der Waals surface area contributed by atoms with Crippen molar-refractivity contribution >= 4 is 28.9 Å². The van der Waals surface area contributed by atoms with E-state index >= 15 is 0 Å². The normalized spacial score (nSPS) is 10.5. The standard InChI is InChI=1S/C13H13NO4S/c1-6-5-19-11(13(16)17)10(6)14-12(15)9-4-7(2)18-8(9)3/h4-5H,1-3H3,(H,14,15)(H,16,17). The lowest BCUT2D eigenvalue weighted by molar-refractivity contribution is 0.0703. The number of carbonyl (C=O) groups is 2. The van der Waals surface area contributed by atoms with E-state index in [1.165, 1.54) is 0 Å². The molecule has 0 aliphatic carbocycles. The maximum Gasteiger partial charge on any atom is 0.348 e. The molecule has 0 saturated heterocycles. The fourth-order valence-electron chi connectivity index (χ4n) is 1.79. The highest BCUT2D eigenvalue weighted by Crippen LogP contribution is 2.28. The average Bonchev–Trinajstić information content (AvgIpc) is 2.83. The minimum absolute atomic E-state index is 0.128. The number of carboxylic acid groups (broad SMARTS) is 1. The zero-order chi connectivity index (χ0) is 14.2. The van der Waals surface area contributed by atoms with Crippen LogP contribution in [0.4, 0.5) is 5.69 Å². The van der Waals surface area contributed by atoms with E-state index in [1.807, 2.05) is 0 Å². The molecule has 0 aliphatic rings. The largest absolute Gasteiger partial charge is 0.477 e. The van der Waals surface area contributed by atoms with Crippen LogP contribution in [0.25, 0.3) is 0 Å². The first kappa shape index (κ1) is 13.4. The summed E-state index contributed by atoms with van der Waals surface area (Å²) in [4.78, 5) is 23.3. The third-order valence-corrected chi connectivity index (χ3v) is 3.78. The number of hydrogen-bond donors (Lipinski definition) is 2. The topological polar surface area (TPSA) is 79.5 Å². The Labute approximate surface area is 113 Å². The summed E-state index contributed by atoms with van der Waals surface area (Å²) in [7, 11) is 0. The zero-order valence-electron chi connectivity index (χ0n) is 10.7. The molecule has 0 saturated carbocycles. The molecule has 0 bridgehead atoms. The molecule has 100 valence electrons. The lowest BCUT2D eigenvalue weighted by Gasteiger charge is -2.05. The highest BCUT2D eigenvalue weighted by atomic mass is 32.1. The Balaban J connectivity index is 2.31. The van der Waals surface area contributed by atoms with Crippen molar-refractivity contribution in [2.45, 2.75) is 20.8 Å². The molecule has 5 nitrogen and oxygen atoms in total. The van der Waals surface area contributed by atoms with Gasteiger partial charge in [-0.25, -0.2) is 4.79 Å². The molecule has 0 radical (unpaired) electrons. The van der Waals surface area contributed by atoms with Gasteiger partial charge in [0, 0.05) is 0 Å². The van der Waals surface area contributed by atoms with Gasteiger partial charge in [0.25, 0.3) is 5.91 Å². The Kier molecular flexibility index (Phi) is 3.44. The maximum atomic E-state index is 12.1. The van der Waals surface area contributed by atoms with Crippen molar-refractivity contribution in [2.24, 2.45) is 0 Å². The van der Waals surface area contributed by atoms with Gasteiger partial charge in [-0.15, -0.1) is 11.3 Å². The van der Waals surface area contributed by atoms with Crippen LogP contribution in [0.1, 0.15) is 37.1 Å². The van der Waals surface area contributed by atoms with Crippen LogP contribution in [-0.2, 0) is 0 Å². The van der Waals surface area contributed by atoms with Crippen LogP contribution in [0.3, 0.4) is 0 Å². The van der Waals surface area contributed by atoms with Crippen molar-refractivity contribution in [1.82, 2.24) is 0 Å². The van der Waals surface area contributed by atoms with Crippen molar-refractivity contribution in [3.8, 4) is 0 Å². The van der Waals surface area contributed by atoms with Crippen LogP contribution in [0, 0.1) is 20.8 Å². The number of carboxylic acids is 1. The van der Waals surface area contributed by atoms with Gasteiger partial charge in [0.05, 0.1) is 11.3 Å². The van der Waals surface area contributed by atoms with E-state index in [0.29, 0.717) is 22.8 Å². The van der Waals surface area contributed by atoms with Gasteiger partial charge in [-0.3, -0.25) is 4.79 Å². The Morgan fingerprint density at radius 1 is 1.32 bits per heavy atom. The number of amides is 1. The number of anilines is 1. The number of thiophene rings is 1. The zero-order valence-corrected chi connectivity index (χ0v) is 11.6. The van der Waals surface area contributed by atoms with Crippen molar-refractivity contribution in [2.75, 3.05) is 5.32 Å². The molecule has 19 heavy (non-hydrogen) atoms. The van der Waals surface area contributed by atoms with E-state index in [4.69, 9.17) is 9.52 Å². The van der Waals surface area contributed by atoms with E-state index in [1.54, 1.807) is 32.2 Å². The SMILES string of the molecule is Cc1cc(C(=O)Nc2c(C)csc2C(=O)O)c(C)o1. The summed E-state index contributed by atoms with van der Waals surface area (Å²) in [6, 6.07) is 1.63. The van der Waals surface area contributed by atoms with Crippen molar-refractivity contribution < 1.29 is 19.1 Å². The predicted molar refractivity (Wildman–Crippen MR) is 72.2 cm³/mol. The fraction of sp³-hybridized carbons (Fsp3) is 0.231. The van der Waals surface area contributed by atoms with Gasteiger partial charge < -0.3 is 14.8 Å². The van der Waals surface area contributed by atoms with Crippen LogP contribution in [0.2, 0.25) is 0 Å². The molecular formula is C13H13NO4S. The van der Waals surface area contributed by atoms with Crippen LogP contribution in [0.15, 0.2) is 15.9 Å². The average molecular weight is 279 g/mol. The van der Waals surface area contributed by atoms with E-state index in [-0.39, 0.29) is 10.8 Å². The van der Waals surface area contributed by atoms with Crippen LogP contribution >= 0.6 is 11.3 Å². The summed E-state index contributed by atoms with van der Waals surface area (Å²) < 4.78 is 5.29. The minimum Gasteiger partial charge on any atom is -0.477 e. The summed E-state index contributed by atoms with van der Waals surface area (Å²) in [5.41, 5.74) is 1.49. The third kappa shape index (κ3) is 2.53. The molecule has 2 aromatic rings. The Morgan fingerprint density at radius 3 is 2.53 bits per heavy atom. The minimum atomic E-state index is -1.05. The second-order valence-corrected chi connectivity index (χ2v) is 5.09. The quantitative estimate of drug-likeness (QED) is 0.904. The maximum absolute atomic E-state index is 12.1. The molecule has 1 amide bonds. The second kappa shape index (κ2) is 4.89. The summed E-state index contributed by atoms with van der Waals surface area (Å²) in [5, 5.41) is 13.4. The second-order valence-electron chi connectivity index (χ2n) is 4.21. The van der Waals surface area contributed by atoms with Gasteiger partial charge >= 0.3 is 5.97 Å². The number of aromatic carboxylic acids is 1. The van der Waals surface area contributed by atoms with Crippen LogP contribution < -0.4 is 5.32 Å². The number of rotatable bonds is 3. The van der Waals surface area contributed by atoms with Gasteiger partial charge in [-0.05, 0) is 37.8 Å². The van der Waals surface area contributed by atoms with E-state index in [2.05, 4.69) is 5.32 Å². The molecule has 2 N–H and O–H groups in total. The smallest absolute Gasteiger partial charge is 0.348 e. The Morgan fingerprint density at radius 2 is 2.00 bits per heavy atom. The Bertz CT molecular complexity index is 654. The Hall–Kier alpha value is -2.08. The first-order valence-corrected chi connectivity index (χ1v) is 6.48. The molecular weight excluding hydrogens is 266 g/mol. The molecule has 2 heterocycles. The molecule has 0 atom stereocenters. The highest BCUT2D eigenvalue weighted by Gasteiger charge is 2.20. The van der Waals surface area contributed by atoms with E-state index in [0.717, 1.165) is 16.9 Å². The third-order valence-electron chi connectivity index (χ3n) is 2.69. The first-order valence-electron chi connectivity index (χ1n) is 5.60. The van der Waals surface area contributed by atoms with Gasteiger partial charge in [-0.2, -0.15) is 0 Å². The van der Waals surface area contributed by atoms with Crippen LogP contribution in [-0.4, -0.2) is 17.0 Å². The van der Waals surface area contributed by atoms with E-state index in [9.17, 15) is 9.59 Å². The number of nitrogens with one attached hydrogen (secondary N) is 1. The van der Waals surface area contributed by atoms with Gasteiger partial charge in [0.2, 0.25) is 0 Å². The van der Waals surface area contributed by atoms with Gasteiger partial charge in [-0.1, -0.05) is 0 Å². The van der Waals surface area contributed by atoms with Crippen molar-refractivity contribution in [3.63, 3.8) is 0 Å². The number of furan rings is 1. The van der Waals surface area contributed by atoms with E-state index < -0.39 is 5.97 Å². The van der Waals surface area contributed by atoms with Gasteiger partial charge in [0.1, 0.15) is 16.4 Å². The first-order chi connectivity index (χ1) is 8.90. The number of carbonyl (C=O) groups excluding carboxylic acids is 1. The highest BCUT2D eigenvalue weighted by molar-refractivity contribution is 7.12. The molecule has 0 aliphatic heterocycles. The number of hydrogen-bond acceptors (Lipinski definition) is 4. The number of aryl methyl sites for hydroxylation is 3. The molecule has 0 aromatic carbocycles.